The molecule has 2 bridgehead atoms. The first-order valence-electron chi connectivity index (χ1n) is 9.65. The van der Waals surface area contributed by atoms with Gasteiger partial charge in [0, 0.05) is 36.6 Å². The molecule has 2 aliphatic carbocycles. The van der Waals surface area contributed by atoms with E-state index in [9.17, 15) is 4.79 Å². The fraction of sp³-hybridized carbons (Fsp3) is 0.650. The maximum Gasteiger partial charge on any atom is 0.226 e. The number of nitrogens with one attached hydrogen (secondary N) is 1. The number of benzene rings is 1. The minimum Gasteiger partial charge on any atom is -0.333 e. The Morgan fingerprint density at radius 1 is 1.24 bits per heavy atom. The van der Waals surface area contributed by atoms with Crippen molar-refractivity contribution >= 4 is 17.5 Å². The van der Waals surface area contributed by atoms with Crippen LogP contribution >= 0.6 is 11.6 Å². The summed E-state index contributed by atoms with van der Waals surface area (Å²) < 4.78 is 0. The highest BCUT2D eigenvalue weighted by atomic mass is 35.5. The fourth-order valence-corrected chi connectivity index (χ4v) is 5.40. The molecule has 2 saturated carbocycles. The van der Waals surface area contributed by atoms with Crippen LogP contribution in [0.25, 0.3) is 0 Å². The van der Waals surface area contributed by atoms with E-state index in [0.29, 0.717) is 23.8 Å². The minimum atomic E-state index is 0.0791. The highest BCUT2D eigenvalue weighted by Gasteiger charge is 2.42. The lowest BCUT2D eigenvalue weighted by atomic mass is 9.65. The second-order valence-electron chi connectivity index (χ2n) is 8.00. The van der Waals surface area contributed by atoms with E-state index in [0.717, 1.165) is 43.1 Å². The Labute approximate surface area is 155 Å². The number of halogens is 1. The van der Waals surface area contributed by atoms with Crippen LogP contribution in [0.3, 0.4) is 0 Å². The predicted molar refractivity (Wildman–Crippen MR) is 100 cm³/mol. The maximum atomic E-state index is 13.4. The number of carbonyl (C=O) groups is 1. The number of nitrogens with zero attached hydrogens (tertiary/aromatic N) is 1. The number of rotatable bonds is 2. The Hall–Kier alpha value is -1.10. The van der Waals surface area contributed by atoms with Crippen molar-refractivity contribution in [1.29, 1.82) is 0 Å². The first-order chi connectivity index (χ1) is 12.1. The van der Waals surface area contributed by atoms with Gasteiger partial charge >= 0.3 is 0 Å². The molecule has 0 spiro atoms. The van der Waals surface area contributed by atoms with Crippen molar-refractivity contribution in [3.63, 3.8) is 0 Å². The van der Waals surface area contributed by atoms with E-state index in [1.165, 1.54) is 19.3 Å². The SMILES string of the molecule is NC1C2CCCC1CC(C(=O)N1CCNCC1c1cccc(Cl)c1)C2. The fourth-order valence-electron chi connectivity index (χ4n) is 5.21. The van der Waals surface area contributed by atoms with Gasteiger partial charge in [0.15, 0.2) is 0 Å². The molecule has 3 N–H and O–H groups in total. The highest BCUT2D eigenvalue weighted by Crippen LogP contribution is 2.43. The maximum absolute atomic E-state index is 13.4. The van der Waals surface area contributed by atoms with Gasteiger partial charge in [-0.05, 0) is 55.2 Å². The number of amides is 1. The van der Waals surface area contributed by atoms with Gasteiger partial charge in [0.05, 0.1) is 6.04 Å². The van der Waals surface area contributed by atoms with E-state index in [1.54, 1.807) is 0 Å². The molecule has 4 nitrogen and oxygen atoms in total. The highest BCUT2D eigenvalue weighted by molar-refractivity contribution is 6.30. The van der Waals surface area contributed by atoms with Crippen LogP contribution in [0.1, 0.15) is 43.7 Å². The van der Waals surface area contributed by atoms with Crippen LogP contribution in [-0.4, -0.2) is 36.5 Å². The summed E-state index contributed by atoms with van der Waals surface area (Å²) in [4.78, 5) is 15.5. The van der Waals surface area contributed by atoms with Gasteiger partial charge in [-0.3, -0.25) is 4.79 Å². The van der Waals surface area contributed by atoms with Crippen molar-refractivity contribution in [2.24, 2.45) is 23.5 Å². The van der Waals surface area contributed by atoms with Gasteiger partial charge in [-0.1, -0.05) is 30.2 Å². The molecule has 1 saturated heterocycles. The molecule has 1 amide bonds. The van der Waals surface area contributed by atoms with Gasteiger partial charge in [0.2, 0.25) is 5.91 Å². The molecule has 0 aromatic heterocycles. The molecule has 3 atom stereocenters. The first kappa shape index (κ1) is 17.3. The minimum absolute atomic E-state index is 0.0791. The lowest BCUT2D eigenvalue weighted by Crippen LogP contribution is -2.54. The lowest BCUT2D eigenvalue weighted by Gasteiger charge is -2.46. The molecule has 3 unspecified atom stereocenters. The van der Waals surface area contributed by atoms with Crippen LogP contribution in [0.4, 0.5) is 0 Å². The van der Waals surface area contributed by atoms with Crippen molar-refractivity contribution in [2.75, 3.05) is 19.6 Å². The Morgan fingerprint density at radius 2 is 2.00 bits per heavy atom. The second kappa shape index (κ2) is 7.26. The molecule has 0 radical (unpaired) electrons. The van der Waals surface area contributed by atoms with E-state index in [1.807, 2.05) is 18.2 Å². The number of fused-ring (bicyclic) bond motifs is 2. The summed E-state index contributed by atoms with van der Waals surface area (Å²) >= 11 is 6.18. The van der Waals surface area contributed by atoms with Gasteiger partial charge in [0.25, 0.3) is 0 Å². The summed E-state index contributed by atoms with van der Waals surface area (Å²) in [6.45, 7) is 2.43. The van der Waals surface area contributed by atoms with Crippen molar-refractivity contribution in [1.82, 2.24) is 10.2 Å². The van der Waals surface area contributed by atoms with E-state index in [4.69, 9.17) is 17.3 Å². The summed E-state index contributed by atoms with van der Waals surface area (Å²) in [7, 11) is 0. The zero-order valence-electron chi connectivity index (χ0n) is 14.7. The second-order valence-corrected chi connectivity index (χ2v) is 8.44. The number of nitrogens with two attached hydrogens (primary N) is 1. The molecule has 1 aliphatic heterocycles. The van der Waals surface area contributed by atoms with E-state index >= 15 is 0 Å². The third-order valence-corrected chi connectivity index (χ3v) is 6.76. The third kappa shape index (κ3) is 3.44. The normalized spacial score (nSPS) is 35.4. The molecular weight excluding hydrogens is 334 g/mol. The summed E-state index contributed by atoms with van der Waals surface area (Å²) in [5.41, 5.74) is 7.54. The Balaban J connectivity index is 1.53. The summed E-state index contributed by atoms with van der Waals surface area (Å²) in [6, 6.07) is 8.32. The summed E-state index contributed by atoms with van der Waals surface area (Å²) in [5, 5.41) is 4.16. The van der Waals surface area contributed by atoms with Gasteiger partial charge < -0.3 is 16.0 Å². The van der Waals surface area contributed by atoms with Gasteiger partial charge in [0.1, 0.15) is 0 Å². The summed E-state index contributed by atoms with van der Waals surface area (Å²) in [5.74, 6) is 1.55. The molecule has 1 heterocycles. The van der Waals surface area contributed by atoms with E-state index < -0.39 is 0 Å². The zero-order valence-corrected chi connectivity index (χ0v) is 15.4. The number of hydrogen-bond donors (Lipinski definition) is 2. The van der Waals surface area contributed by atoms with Crippen LogP contribution in [-0.2, 0) is 4.79 Å². The monoisotopic (exact) mass is 361 g/mol. The van der Waals surface area contributed by atoms with Crippen molar-refractivity contribution in [3.8, 4) is 0 Å². The number of carbonyl (C=O) groups excluding carboxylic acids is 1. The topological polar surface area (TPSA) is 58.4 Å². The van der Waals surface area contributed by atoms with Crippen LogP contribution in [0, 0.1) is 17.8 Å². The van der Waals surface area contributed by atoms with Crippen molar-refractivity contribution in [3.05, 3.63) is 34.9 Å². The van der Waals surface area contributed by atoms with Crippen LogP contribution in [0.2, 0.25) is 5.02 Å². The molecule has 1 aromatic carbocycles. The quantitative estimate of drug-likeness (QED) is 0.851. The summed E-state index contributed by atoms with van der Waals surface area (Å²) in [6.07, 6.45) is 5.62. The molecule has 4 rings (SSSR count). The molecule has 3 fully saturated rings. The third-order valence-electron chi connectivity index (χ3n) is 6.52. The Kier molecular flexibility index (Phi) is 5.03. The molecule has 5 heteroatoms. The van der Waals surface area contributed by atoms with Crippen LogP contribution in [0.5, 0.6) is 0 Å². The Morgan fingerprint density at radius 3 is 2.72 bits per heavy atom. The van der Waals surface area contributed by atoms with E-state index in [2.05, 4.69) is 16.3 Å². The lowest BCUT2D eigenvalue weighted by molar-refractivity contribution is -0.142. The average Bonchev–Trinajstić information content (AvgIpc) is 2.61. The number of hydrogen-bond acceptors (Lipinski definition) is 3. The molecule has 136 valence electrons. The standard InChI is InChI=1S/C20H28ClN3O/c21-17-6-2-3-13(11-17)18-12-23-7-8-24(18)20(25)16-9-14-4-1-5-15(10-16)19(14)22/h2-3,6,11,14-16,18-19,23H,1,4-5,7-10,12,22H2. The molecule has 3 aliphatic rings. The Bertz CT molecular complexity index is 623. The molecule has 25 heavy (non-hydrogen) atoms. The predicted octanol–water partition coefficient (Wildman–Crippen LogP) is 2.97. The first-order valence-corrected chi connectivity index (χ1v) is 10.0. The molecule has 1 aromatic rings. The smallest absolute Gasteiger partial charge is 0.226 e. The van der Waals surface area contributed by atoms with Crippen LogP contribution < -0.4 is 11.1 Å². The number of piperazine rings is 1. The van der Waals surface area contributed by atoms with Gasteiger partial charge in [-0.15, -0.1) is 0 Å². The van der Waals surface area contributed by atoms with E-state index in [-0.39, 0.29) is 12.0 Å². The zero-order chi connectivity index (χ0) is 17.4. The van der Waals surface area contributed by atoms with Crippen LogP contribution in [0.15, 0.2) is 24.3 Å². The van der Waals surface area contributed by atoms with Gasteiger partial charge in [-0.2, -0.15) is 0 Å². The van der Waals surface area contributed by atoms with Crippen molar-refractivity contribution < 1.29 is 4.79 Å². The van der Waals surface area contributed by atoms with Crippen molar-refractivity contribution in [2.45, 2.75) is 44.2 Å². The largest absolute Gasteiger partial charge is 0.333 e. The average molecular weight is 362 g/mol. The van der Waals surface area contributed by atoms with Gasteiger partial charge in [-0.25, -0.2) is 0 Å². The molecular formula is C20H28ClN3O.